The Balaban J connectivity index is 1.91. The number of carboxylic acid groups (broad SMARTS) is 1. The molecule has 2 N–H and O–H groups in total. The van der Waals surface area contributed by atoms with E-state index in [1.807, 2.05) is 19.1 Å². The van der Waals surface area contributed by atoms with Gasteiger partial charge in [0.1, 0.15) is 0 Å². The fourth-order valence-corrected chi connectivity index (χ4v) is 3.35. The van der Waals surface area contributed by atoms with Crippen LogP contribution in [0.15, 0.2) is 42.5 Å². The van der Waals surface area contributed by atoms with Crippen molar-refractivity contribution < 1.29 is 14.7 Å². The quantitative estimate of drug-likeness (QED) is 0.866. The molecule has 0 bridgehead atoms. The molecule has 1 fully saturated rings. The van der Waals surface area contributed by atoms with Gasteiger partial charge in [0.15, 0.2) is 0 Å². The highest BCUT2D eigenvalue weighted by Gasteiger charge is 2.21. The van der Waals surface area contributed by atoms with E-state index < -0.39 is 5.97 Å². The Morgan fingerprint density at radius 2 is 1.81 bits per heavy atom. The number of rotatable bonds is 4. The maximum absolute atomic E-state index is 12.6. The summed E-state index contributed by atoms with van der Waals surface area (Å²) in [5, 5.41) is 12.2. The zero-order chi connectivity index (χ0) is 18.7. The maximum atomic E-state index is 12.6. The van der Waals surface area contributed by atoms with E-state index in [9.17, 15) is 14.7 Å². The largest absolute Gasteiger partial charge is 0.478 e. The van der Waals surface area contributed by atoms with Crippen LogP contribution in [0.4, 0.5) is 11.4 Å². The van der Waals surface area contributed by atoms with E-state index in [1.165, 1.54) is 6.42 Å². The first-order valence-electron chi connectivity index (χ1n) is 8.94. The minimum Gasteiger partial charge on any atom is -0.478 e. The molecule has 3 rings (SSSR count). The van der Waals surface area contributed by atoms with E-state index >= 15 is 0 Å². The average molecular weight is 352 g/mol. The van der Waals surface area contributed by atoms with E-state index in [0.717, 1.165) is 30.8 Å². The number of nitrogens with one attached hydrogen (secondary N) is 1. The maximum Gasteiger partial charge on any atom is 0.335 e. The molecule has 0 spiro atoms. The lowest BCUT2D eigenvalue weighted by Crippen LogP contribution is -2.35. The lowest BCUT2D eigenvalue weighted by Gasteiger charge is -2.34. The van der Waals surface area contributed by atoms with Gasteiger partial charge in [0.25, 0.3) is 5.91 Å². The van der Waals surface area contributed by atoms with Crippen molar-refractivity contribution in [3.8, 4) is 0 Å². The fraction of sp³-hybridized carbons (Fsp3) is 0.333. The number of hydrogen-bond donors (Lipinski definition) is 2. The highest BCUT2D eigenvalue weighted by molar-refractivity contribution is 6.06. The molecule has 2 aromatic carbocycles. The van der Waals surface area contributed by atoms with Gasteiger partial charge in [0.2, 0.25) is 0 Å². The number of aryl methyl sites for hydroxylation is 1. The van der Waals surface area contributed by atoms with Crippen LogP contribution >= 0.6 is 0 Å². The van der Waals surface area contributed by atoms with Crippen LogP contribution in [0.1, 0.15) is 46.0 Å². The molecule has 0 aliphatic carbocycles. The first-order valence-corrected chi connectivity index (χ1v) is 8.94. The van der Waals surface area contributed by atoms with Crippen LogP contribution in [-0.2, 0) is 0 Å². The Labute approximate surface area is 153 Å². The van der Waals surface area contributed by atoms with E-state index in [4.69, 9.17) is 0 Å². The van der Waals surface area contributed by atoms with Gasteiger partial charge >= 0.3 is 5.97 Å². The van der Waals surface area contributed by atoms with Gasteiger partial charge in [-0.15, -0.1) is 0 Å². The molecule has 5 heteroatoms. The molecule has 1 amide bonds. The summed E-state index contributed by atoms with van der Waals surface area (Å²) < 4.78 is 0. The molecule has 1 atom stereocenters. The Morgan fingerprint density at radius 1 is 1.12 bits per heavy atom. The molecule has 0 saturated carbocycles. The number of piperidine rings is 1. The molecule has 1 saturated heterocycles. The summed E-state index contributed by atoms with van der Waals surface area (Å²) in [6, 6.07) is 12.3. The highest BCUT2D eigenvalue weighted by Crippen LogP contribution is 2.31. The van der Waals surface area contributed by atoms with E-state index in [-0.39, 0.29) is 11.5 Å². The SMILES string of the molecule is Cc1ccc(C(=O)Nc2cc(C(=O)O)ccc2N2CCC[C@@H](C)C2)cc1. The number of anilines is 2. The number of carbonyl (C=O) groups excluding carboxylic acids is 1. The van der Waals surface area contributed by atoms with Crippen LogP contribution in [0.5, 0.6) is 0 Å². The number of aromatic carboxylic acids is 1. The number of carbonyl (C=O) groups is 2. The third kappa shape index (κ3) is 4.04. The Kier molecular flexibility index (Phi) is 5.26. The molecule has 0 radical (unpaired) electrons. The summed E-state index contributed by atoms with van der Waals surface area (Å²) >= 11 is 0. The monoisotopic (exact) mass is 352 g/mol. The van der Waals surface area contributed by atoms with E-state index in [2.05, 4.69) is 17.1 Å². The number of hydrogen-bond acceptors (Lipinski definition) is 3. The minimum atomic E-state index is -1.01. The molecule has 0 unspecified atom stereocenters. The minimum absolute atomic E-state index is 0.165. The van der Waals surface area contributed by atoms with Gasteiger partial charge in [-0.1, -0.05) is 24.6 Å². The van der Waals surface area contributed by atoms with Crippen molar-refractivity contribution in [1.82, 2.24) is 0 Å². The zero-order valence-electron chi connectivity index (χ0n) is 15.2. The van der Waals surface area contributed by atoms with Crippen molar-refractivity contribution in [2.45, 2.75) is 26.7 Å². The highest BCUT2D eigenvalue weighted by atomic mass is 16.4. The summed E-state index contributed by atoms with van der Waals surface area (Å²) in [4.78, 5) is 26.2. The van der Waals surface area contributed by atoms with Crippen molar-refractivity contribution >= 4 is 23.3 Å². The summed E-state index contributed by atoms with van der Waals surface area (Å²) in [5.74, 6) is -0.670. The van der Waals surface area contributed by atoms with Gasteiger partial charge in [0, 0.05) is 18.7 Å². The lowest BCUT2D eigenvalue weighted by atomic mass is 9.99. The van der Waals surface area contributed by atoms with Gasteiger partial charge in [-0.05, 0) is 56.0 Å². The van der Waals surface area contributed by atoms with Gasteiger partial charge in [0.05, 0.1) is 16.9 Å². The number of benzene rings is 2. The molecule has 1 heterocycles. The summed E-state index contributed by atoms with van der Waals surface area (Å²) in [6.45, 7) is 5.99. The first kappa shape index (κ1) is 18.0. The smallest absolute Gasteiger partial charge is 0.335 e. The number of nitrogens with zero attached hydrogens (tertiary/aromatic N) is 1. The van der Waals surface area contributed by atoms with E-state index in [0.29, 0.717) is 17.2 Å². The van der Waals surface area contributed by atoms with Crippen LogP contribution in [0.2, 0.25) is 0 Å². The predicted octanol–water partition coefficient (Wildman–Crippen LogP) is 4.18. The van der Waals surface area contributed by atoms with Crippen LogP contribution < -0.4 is 10.2 Å². The van der Waals surface area contributed by atoms with Crippen molar-refractivity contribution in [3.63, 3.8) is 0 Å². The Hall–Kier alpha value is -2.82. The van der Waals surface area contributed by atoms with Gasteiger partial charge in [-0.25, -0.2) is 4.79 Å². The summed E-state index contributed by atoms with van der Waals surface area (Å²) in [5.41, 5.74) is 3.22. The Morgan fingerprint density at radius 3 is 2.46 bits per heavy atom. The summed E-state index contributed by atoms with van der Waals surface area (Å²) in [7, 11) is 0. The molecular formula is C21H24N2O3. The average Bonchev–Trinajstić information content (AvgIpc) is 2.62. The second-order valence-electron chi connectivity index (χ2n) is 7.05. The van der Waals surface area contributed by atoms with E-state index in [1.54, 1.807) is 30.3 Å². The van der Waals surface area contributed by atoms with Crippen molar-refractivity contribution in [2.24, 2.45) is 5.92 Å². The van der Waals surface area contributed by atoms with Crippen LogP contribution in [0.25, 0.3) is 0 Å². The first-order chi connectivity index (χ1) is 12.4. The second-order valence-corrected chi connectivity index (χ2v) is 7.05. The summed E-state index contributed by atoms with van der Waals surface area (Å²) in [6.07, 6.45) is 2.28. The van der Waals surface area contributed by atoms with Crippen molar-refractivity contribution in [3.05, 3.63) is 59.2 Å². The second kappa shape index (κ2) is 7.60. The Bertz CT molecular complexity index is 815. The third-order valence-corrected chi connectivity index (χ3v) is 4.80. The zero-order valence-corrected chi connectivity index (χ0v) is 15.2. The molecule has 136 valence electrons. The van der Waals surface area contributed by atoms with Crippen molar-refractivity contribution in [1.29, 1.82) is 0 Å². The standard InChI is InChI=1S/C21H24N2O3/c1-14-5-7-16(8-6-14)20(24)22-18-12-17(21(25)26)9-10-19(18)23-11-3-4-15(2)13-23/h5-10,12,15H,3-4,11,13H2,1-2H3,(H,22,24)(H,25,26)/t15-/m1/s1. The van der Waals surface area contributed by atoms with Crippen molar-refractivity contribution in [2.75, 3.05) is 23.3 Å². The fourth-order valence-electron chi connectivity index (χ4n) is 3.35. The molecule has 26 heavy (non-hydrogen) atoms. The number of carboxylic acids is 1. The normalized spacial score (nSPS) is 17.0. The van der Waals surface area contributed by atoms with Crippen LogP contribution in [0, 0.1) is 12.8 Å². The number of amides is 1. The third-order valence-electron chi connectivity index (χ3n) is 4.80. The van der Waals surface area contributed by atoms with Gasteiger partial charge < -0.3 is 15.3 Å². The molecule has 1 aliphatic rings. The molecule has 5 nitrogen and oxygen atoms in total. The lowest BCUT2D eigenvalue weighted by molar-refractivity contribution is 0.0696. The molecule has 2 aromatic rings. The topological polar surface area (TPSA) is 69.6 Å². The van der Waals surface area contributed by atoms with Gasteiger partial charge in [-0.2, -0.15) is 0 Å². The van der Waals surface area contributed by atoms with Crippen LogP contribution in [-0.4, -0.2) is 30.1 Å². The molecule has 0 aromatic heterocycles. The predicted molar refractivity (Wildman–Crippen MR) is 103 cm³/mol. The molecule has 1 aliphatic heterocycles. The van der Waals surface area contributed by atoms with Gasteiger partial charge in [-0.3, -0.25) is 4.79 Å². The molecular weight excluding hydrogens is 328 g/mol. The van der Waals surface area contributed by atoms with Crippen LogP contribution in [0.3, 0.4) is 0 Å².